The van der Waals surface area contributed by atoms with Gasteiger partial charge in [0.05, 0.1) is 22.4 Å². The summed E-state index contributed by atoms with van der Waals surface area (Å²) in [5, 5.41) is 8.77. The number of nitrogens with zero attached hydrogens (tertiary/aromatic N) is 1. The highest BCUT2D eigenvalue weighted by Crippen LogP contribution is 2.53. The van der Waals surface area contributed by atoms with Crippen LogP contribution in [0.3, 0.4) is 0 Å². The highest BCUT2D eigenvalue weighted by Gasteiger charge is 2.52. The highest BCUT2D eigenvalue weighted by atomic mass is 32.2. The number of carboxylic acids is 1. The average Bonchev–Trinajstić information content (AvgIpc) is 3.03. The number of benzene rings is 2. The third kappa shape index (κ3) is 2.90. The molecule has 0 bridgehead atoms. The maximum absolute atomic E-state index is 12.9. The van der Waals surface area contributed by atoms with Crippen LogP contribution in [0, 0.1) is 5.92 Å². The minimum absolute atomic E-state index is 0.160. The quantitative estimate of drug-likeness (QED) is 0.512. The molecule has 3 unspecified atom stereocenters. The summed E-state index contributed by atoms with van der Waals surface area (Å²) in [6.45, 7) is 0.365. The first-order chi connectivity index (χ1) is 14.0. The van der Waals surface area contributed by atoms with E-state index in [0.29, 0.717) is 22.2 Å². The summed E-state index contributed by atoms with van der Waals surface area (Å²) < 4.78 is 7.79. The Labute approximate surface area is 173 Å². The van der Waals surface area contributed by atoms with Gasteiger partial charge >= 0.3 is 16.8 Å². The summed E-state index contributed by atoms with van der Waals surface area (Å²) in [5.74, 6) is -2.65. The van der Waals surface area contributed by atoms with Crippen LogP contribution < -0.4 is 9.61 Å². The molecule has 5 rings (SSSR count). The Morgan fingerprint density at radius 1 is 1.07 bits per heavy atom. The number of carbonyl (C=O) groups is 2. The fraction of sp³-hybridized carbons (Fsp3) is 0.190. The van der Waals surface area contributed by atoms with E-state index in [0.717, 1.165) is 34.2 Å². The molecule has 0 spiro atoms. The Morgan fingerprint density at radius 2 is 1.79 bits per heavy atom. The van der Waals surface area contributed by atoms with Gasteiger partial charge in [-0.3, -0.25) is 19.0 Å². The van der Waals surface area contributed by atoms with Crippen molar-refractivity contribution in [3.05, 3.63) is 81.1 Å². The first kappa shape index (κ1) is 18.2. The van der Waals surface area contributed by atoms with Crippen molar-refractivity contribution in [1.82, 2.24) is 4.57 Å². The van der Waals surface area contributed by atoms with E-state index in [1.54, 1.807) is 16.7 Å². The van der Waals surface area contributed by atoms with Gasteiger partial charge in [-0.2, -0.15) is 0 Å². The van der Waals surface area contributed by atoms with Crippen LogP contribution in [0.1, 0.15) is 22.7 Å². The number of rotatable bonds is 3. The van der Waals surface area contributed by atoms with Crippen LogP contribution in [0.4, 0.5) is 0 Å². The van der Waals surface area contributed by atoms with Crippen LogP contribution in [0.5, 0.6) is 5.75 Å². The number of esters is 1. The number of carboxylic acid groups (broad SMARTS) is 1. The van der Waals surface area contributed by atoms with E-state index in [-0.39, 0.29) is 4.87 Å². The van der Waals surface area contributed by atoms with Crippen LogP contribution in [0.25, 0.3) is 0 Å². The number of para-hydroxylation sites is 1. The Balaban J connectivity index is 1.73. The lowest BCUT2D eigenvalue weighted by atomic mass is 9.79. The van der Waals surface area contributed by atoms with Gasteiger partial charge in [0.25, 0.3) is 0 Å². The number of ether oxygens (including phenoxy) is 1. The third-order valence-electron chi connectivity index (χ3n) is 5.28. The molecular weight excluding hydrogens is 410 g/mol. The summed E-state index contributed by atoms with van der Waals surface area (Å²) in [6.07, 6.45) is 0. The molecule has 3 aromatic rings. The molecule has 3 heterocycles. The second-order valence-corrected chi connectivity index (χ2v) is 9.32. The molecule has 6 nitrogen and oxygen atoms in total. The Hall–Kier alpha value is -2.84. The topological polar surface area (TPSA) is 85.6 Å². The van der Waals surface area contributed by atoms with Crippen molar-refractivity contribution in [2.24, 2.45) is 5.92 Å². The first-order valence-electron chi connectivity index (χ1n) is 9.02. The fourth-order valence-corrected chi connectivity index (χ4v) is 6.63. The Bertz CT molecular complexity index is 1180. The maximum Gasteiger partial charge on any atom is 0.317 e. The van der Waals surface area contributed by atoms with Gasteiger partial charge < -0.3 is 9.84 Å². The van der Waals surface area contributed by atoms with Gasteiger partial charge in [0.1, 0.15) is 11.0 Å². The zero-order chi connectivity index (χ0) is 20.1. The molecule has 3 atom stereocenters. The van der Waals surface area contributed by atoms with Crippen molar-refractivity contribution in [2.75, 3.05) is 0 Å². The molecule has 0 saturated carbocycles. The van der Waals surface area contributed by atoms with Crippen molar-refractivity contribution >= 4 is 35.0 Å². The molecule has 2 aromatic carbocycles. The fourth-order valence-electron chi connectivity index (χ4n) is 4.03. The monoisotopic (exact) mass is 425 g/mol. The van der Waals surface area contributed by atoms with E-state index in [4.69, 9.17) is 4.74 Å². The van der Waals surface area contributed by atoms with Crippen LogP contribution >= 0.6 is 23.1 Å². The molecule has 2 aliphatic heterocycles. The zero-order valence-electron chi connectivity index (χ0n) is 15.0. The predicted octanol–water partition coefficient (Wildman–Crippen LogP) is 3.18. The standard InChI is InChI=1S/C21H15NO5S2/c23-18(24)17-15-14(12-8-4-5-9-13(12)27-19(15)25)16-20(28-17)29-21(26)22(16)10-11-6-2-1-3-7-11/h1-9,14-15,17H,10H2,(H,23,24). The van der Waals surface area contributed by atoms with Crippen molar-refractivity contribution < 1.29 is 19.4 Å². The zero-order valence-corrected chi connectivity index (χ0v) is 16.6. The van der Waals surface area contributed by atoms with Crippen LogP contribution in [-0.4, -0.2) is 26.9 Å². The molecule has 2 aliphatic rings. The van der Waals surface area contributed by atoms with Crippen LogP contribution in [0.2, 0.25) is 0 Å². The average molecular weight is 425 g/mol. The van der Waals surface area contributed by atoms with Crippen molar-refractivity contribution in [1.29, 1.82) is 0 Å². The number of hydrogen-bond acceptors (Lipinski definition) is 6. The van der Waals surface area contributed by atoms with Gasteiger partial charge in [0, 0.05) is 11.5 Å². The molecule has 0 aliphatic carbocycles. The number of carbonyl (C=O) groups excluding carboxylic acids is 1. The molecule has 0 amide bonds. The number of hydrogen-bond donors (Lipinski definition) is 1. The normalized spacial score (nSPS) is 22.2. The minimum atomic E-state index is -1.08. The summed E-state index contributed by atoms with van der Waals surface area (Å²) in [5.41, 5.74) is 2.41. The smallest absolute Gasteiger partial charge is 0.317 e. The Kier molecular flexibility index (Phi) is 4.33. The lowest BCUT2D eigenvalue weighted by molar-refractivity contribution is -0.147. The maximum atomic E-state index is 12.9. The van der Waals surface area contributed by atoms with Crippen molar-refractivity contribution in [3.8, 4) is 5.75 Å². The van der Waals surface area contributed by atoms with Gasteiger partial charge in [-0.15, -0.1) is 0 Å². The Morgan fingerprint density at radius 3 is 2.55 bits per heavy atom. The molecular formula is C21H15NO5S2. The van der Waals surface area contributed by atoms with Gasteiger partial charge in [0.2, 0.25) is 0 Å². The van der Waals surface area contributed by atoms with Gasteiger partial charge in [-0.05, 0) is 11.6 Å². The summed E-state index contributed by atoms with van der Waals surface area (Å²) in [6, 6.07) is 16.7. The van der Waals surface area contributed by atoms with E-state index < -0.39 is 29.0 Å². The first-order valence-corrected chi connectivity index (χ1v) is 10.7. The third-order valence-corrected chi connectivity index (χ3v) is 7.78. The molecule has 0 saturated heterocycles. The SMILES string of the molecule is O=C(O)C1Sc2sc(=O)n(Cc3ccccc3)c2C2c3ccccc3OC(=O)C12. The summed E-state index contributed by atoms with van der Waals surface area (Å²) in [4.78, 5) is 37.5. The number of thiazole rings is 1. The van der Waals surface area contributed by atoms with Crippen molar-refractivity contribution in [2.45, 2.75) is 21.9 Å². The van der Waals surface area contributed by atoms with Gasteiger partial charge in [-0.25, -0.2) is 0 Å². The van der Waals surface area contributed by atoms with Gasteiger partial charge in [-0.1, -0.05) is 71.6 Å². The number of aromatic nitrogens is 1. The van der Waals surface area contributed by atoms with E-state index >= 15 is 0 Å². The lowest BCUT2D eigenvalue weighted by Crippen LogP contribution is -2.45. The summed E-state index contributed by atoms with van der Waals surface area (Å²) in [7, 11) is 0. The molecule has 29 heavy (non-hydrogen) atoms. The second-order valence-electron chi connectivity index (χ2n) is 6.95. The highest BCUT2D eigenvalue weighted by molar-refractivity contribution is 8.02. The number of fused-ring (bicyclic) bond motifs is 5. The van der Waals surface area contributed by atoms with Gasteiger partial charge in [0.15, 0.2) is 0 Å². The second kappa shape index (κ2) is 6.89. The number of thioether (sulfide) groups is 1. The largest absolute Gasteiger partial charge is 0.480 e. The minimum Gasteiger partial charge on any atom is -0.480 e. The molecule has 1 N–H and O–H groups in total. The van der Waals surface area contributed by atoms with Crippen LogP contribution in [-0.2, 0) is 16.1 Å². The van der Waals surface area contributed by atoms with E-state index in [9.17, 15) is 19.5 Å². The molecule has 0 radical (unpaired) electrons. The lowest BCUT2D eigenvalue weighted by Gasteiger charge is -2.38. The van der Waals surface area contributed by atoms with E-state index in [2.05, 4.69) is 0 Å². The molecule has 0 fully saturated rings. The van der Waals surface area contributed by atoms with Crippen molar-refractivity contribution in [3.63, 3.8) is 0 Å². The van der Waals surface area contributed by atoms with E-state index in [1.165, 1.54) is 0 Å². The van der Waals surface area contributed by atoms with E-state index in [1.807, 2.05) is 42.5 Å². The summed E-state index contributed by atoms with van der Waals surface area (Å²) >= 11 is 2.12. The molecule has 1 aromatic heterocycles. The molecule has 146 valence electrons. The predicted molar refractivity (Wildman–Crippen MR) is 109 cm³/mol. The molecule has 8 heteroatoms. The van der Waals surface area contributed by atoms with Crippen LogP contribution in [0.15, 0.2) is 63.6 Å². The number of aliphatic carboxylic acids is 1.